The van der Waals surface area contributed by atoms with E-state index in [1.165, 1.54) is 6.07 Å². The number of ether oxygens (including phenoxy) is 4. The molecule has 0 bridgehead atoms. The number of sulfonamides is 1. The van der Waals surface area contributed by atoms with Crippen LogP contribution in [0.2, 0.25) is 0 Å². The van der Waals surface area contributed by atoms with E-state index in [-0.39, 0.29) is 23.4 Å². The fraction of sp³-hybridized carbons (Fsp3) is 0.739. The number of rotatable bonds is 4. The summed E-state index contributed by atoms with van der Waals surface area (Å²) in [4.78, 5) is 18.4. The number of likely N-dealkylation sites (tertiary alicyclic amines) is 1. The van der Waals surface area contributed by atoms with Gasteiger partial charge in [0.15, 0.2) is 0 Å². The van der Waals surface area contributed by atoms with Crippen LogP contribution in [-0.2, 0) is 19.5 Å². The Kier molecular flexibility index (Phi) is 7.25. The van der Waals surface area contributed by atoms with Gasteiger partial charge in [-0.3, -0.25) is 0 Å². The number of aromatic nitrogens is 1. The van der Waals surface area contributed by atoms with E-state index in [0.717, 1.165) is 19.3 Å². The first-order valence-electron chi connectivity index (χ1n) is 11.9. The van der Waals surface area contributed by atoms with Gasteiger partial charge >= 0.3 is 6.09 Å². The normalized spacial score (nSPS) is 22.4. The molecule has 0 saturated carbocycles. The predicted octanol–water partition coefficient (Wildman–Crippen LogP) is 2.72. The molecule has 1 spiro atoms. The van der Waals surface area contributed by atoms with Crippen molar-refractivity contribution in [3.63, 3.8) is 0 Å². The first-order valence-corrected chi connectivity index (χ1v) is 13.4. The summed E-state index contributed by atoms with van der Waals surface area (Å²) >= 11 is 0. The van der Waals surface area contributed by atoms with Crippen molar-refractivity contribution in [3.8, 4) is 11.8 Å². The average molecular weight is 498 g/mol. The molecule has 11 heteroatoms. The maximum absolute atomic E-state index is 12.7. The minimum atomic E-state index is -3.71. The molecule has 3 aliphatic heterocycles. The Morgan fingerprint density at radius 2 is 1.94 bits per heavy atom. The molecule has 1 amide bonds. The number of carbonyl (C=O) groups is 1. The summed E-state index contributed by atoms with van der Waals surface area (Å²) in [5.41, 5.74) is -1.16. The molecule has 0 aromatic carbocycles. The summed E-state index contributed by atoms with van der Waals surface area (Å²) < 4.78 is 50.9. The Labute approximate surface area is 201 Å². The van der Waals surface area contributed by atoms with Crippen molar-refractivity contribution in [3.05, 3.63) is 12.1 Å². The number of hydrogen-bond donors (Lipinski definition) is 1. The maximum Gasteiger partial charge on any atom is 0.410 e. The largest absolute Gasteiger partial charge is 0.478 e. The van der Waals surface area contributed by atoms with Gasteiger partial charge in [0.05, 0.1) is 26.4 Å². The van der Waals surface area contributed by atoms with E-state index in [0.29, 0.717) is 57.5 Å². The third kappa shape index (κ3) is 6.11. The molecule has 0 aliphatic carbocycles. The van der Waals surface area contributed by atoms with Crippen LogP contribution in [0.15, 0.2) is 17.0 Å². The Morgan fingerprint density at radius 3 is 2.62 bits per heavy atom. The van der Waals surface area contributed by atoms with E-state index in [9.17, 15) is 13.2 Å². The smallest absolute Gasteiger partial charge is 0.410 e. The summed E-state index contributed by atoms with van der Waals surface area (Å²) in [5, 5.41) is 0. The lowest BCUT2D eigenvalue weighted by Gasteiger charge is -2.35. The fourth-order valence-corrected chi connectivity index (χ4v) is 5.57. The van der Waals surface area contributed by atoms with Crippen LogP contribution in [0, 0.1) is 5.92 Å². The third-order valence-corrected chi connectivity index (χ3v) is 7.85. The van der Waals surface area contributed by atoms with E-state index >= 15 is 0 Å². The number of piperidine rings is 1. The summed E-state index contributed by atoms with van der Waals surface area (Å²) in [6, 6.07) is 3.05. The highest BCUT2D eigenvalue weighted by molar-refractivity contribution is 7.89. The highest BCUT2D eigenvalue weighted by Crippen LogP contribution is 2.35. The minimum absolute atomic E-state index is 0.0257. The van der Waals surface area contributed by atoms with Crippen LogP contribution in [-0.4, -0.2) is 75.1 Å². The summed E-state index contributed by atoms with van der Waals surface area (Å²) in [7, 11) is -3.71. The first kappa shape index (κ1) is 25.0. The molecule has 2 saturated heterocycles. The van der Waals surface area contributed by atoms with Crippen molar-refractivity contribution in [2.45, 2.75) is 69.0 Å². The quantitative estimate of drug-likeness (QED) is 0.675. The molecule has 1 aromatic heterocycles. The molecule has 1 N–H and O–H groups in total. The van der Waals surface area contributed by atoms with Crippen LogP contribution in [0.25, 0.3) is 0 Å². The molecule has 34 heavy (non-hydrogen) atoms. The highest BCUT2D eigenvalue weighted by Gasteiger charge is 2.41. The number of carbonyl (C=O) groups excluding carboxylic acids is 1. The molecule has 4 heterocycles. The third-order valence-electron chi connectivity index (χ3n) is 6.43. The zero-order valence-electron chi connectivity index (χ0n) is 20.2. The SMILES string of the molecule is CC(C)(C)OC(=O)N1CCC(CCOc2ccc3c(n2)OC2(CCOCC2)CNS3(=O)=O)CC1. The Bertz CT molecular complexity index is 979. The van der Waals surface area contributed by atoms with Gasteiger partial charge in [-0.05, 0) is 52.0 Å². The summed E-state index contributed by atoms with van der Waals surface area (Å²) in [6.07, 6.45) is 3.51. The summed E-state index contributed by atoms with van der Waals surface area (Å²) in [5.74, 6) is 0.852. The maximum atomic E-state index is 12.7. The van der Waals surface area contributed by atoms with Gasteiger partial charge in [-0.1, -0.05) is 0 Å². The van der Waals surface area contributed by atoms with Crippen LogP contribution >= 0.6 is 0 Å². The van der Waals surface area contributed by atoms with E-state index < -0.39 is 21.2 Å². The highest BCUT2D eigenvalue weighted by atomic mass is 32.2. The standard InChI is InChI=1S/C23H35N3O7S/c1-22(2,3)33-21(27)26-11-6-17(7-12-26)8-13-31-19-5-4-18-20(25-19)32-23(9-14-30-15-10-23)16-24-34(18,28)29/h4-5,17,24H,6-16H2,1-3H3. The lowest BCUT2D eigenvalue weighted by atomic mass is 9.94. The van der Waals surface area contributed by atoms with E-state index in [4.69, 9.17) is 18.9 Å². The van der Waals surface area contributed by atoms with Crippen LogP contribution in [0.3, 0.4) is 0 Å². The molecule has 4 rings (SSSR count). The number of fused-ring (bicyclic) bond motifs is 1. The second-order valence-corrected chi connectivity index (χ2v) is 12.0. The molecular weight excluding hydrogens is 462 g/mol. The zero-order valence-corrected chi connectivity index (χ0v) is 21.0. The van der Waals surface area contributed by atoms with Gasteiger partial charge < -0.3 is 23.8 Å². The van der Waals surface area contributed by atoms with Gasteiger partial charge in [0, 0.05) is 32.0 Å². The molecule has 0 unspecified atom stereocenters. The second kappa shape index (κ2) is 9.87. The number of pyridine rings is 1. The lowest BCUT2D eigenvalue weighted by Crippen LogP contribution is -2.49. The van der Waals surface area contributed by atoms with Crippen LogP contribution in [0.1, 0.15) is 52.9 Å². The number of hydrogen-bond acceptors (Lipinski definition) is 8. The Morgan fingerprint density at radius 1 is 1.24 bits per heavy atom. The van der Waals surface area contributed by atoms with Gasteiger partial charge in [0.1, 0.15) is 16.1 Å². The zero-order chi connectivity index (χ0) is 24.4. The van der Waals surface area contributed by atoms with Gasteiger partial charge in [-0.25, -0.2) is 17.9 Å². The Balaban J connectivity index is 1.31. The number of amides is 1. The van der Waals surface area contributed by atoms with Crippen molar-refractivity contribution in [1.82, 2.24) is 14.6 Å². The monoisotopic (exact) mass is 497 g/mol. The number of nitrogens with zero attached hydrogens (tertiary/aromatic N) is 2. The van der Waals surface area contributed by atoms with Crippen molar-refractivity contribution in [1.29, 1.82) is 0 Å². The van der Waals surface area contributed by atoms with Gasteiger partial charge in [0.2, 0.25) is 21.8 Å². The second-order valence-electron chi connectivity index (χ2n) is 10.2. The van der Waals surface area contributed by atoms with E-state index in [1.54, 1.807) is 11.0 Å². The minimum Gasteiger partial charge on any atom is -0.478 e. The van der Waals surface area contributed by atoms with Gasteiger partial charge in [-0.2, -0.15) is 4.98 Å². The molecule has 2 fully saturated rings. The first-order chi connectivity index (χ1) is 16.1. The fourth-order valence-electron chi connectivity index (χ4n) is 4.40. The molecule has 10 nitrogen and oxygen atoms in total. The van der Waals surface area contributed by atoms with Gasteiger partial charge in [-0.15, -0.1) is 0 Å². The van der Waals surface area contributed by atoms with Crippen molar-refractivity contribution in [2.75, 3.05) is 39.5 Å². The molecular formula is C23H35N3O7S. The van der Waals surface area contributed by atoms with Crippen molar-refractivity contribution < 1.29 is 32.2 Å². The molecule has 190 valence electrons. The topological polar surface area (TPSA) is 116 Å². The van der Waals surface area contributed by atoms with E-state index in [2.05, 4.69) is 9.71 Å². The van der Waals surface area contributed by atoms with E-state index in [1.807, 2.05) is 20.8 Å². The van der Waals surface area contributed by atoms with Crippen LogP contribution in [0.5, 0.6) is 11.8 Å². The average Bonchev–Trinajstić information content (AvgIpc) is 2.87. The molecule has 0 radical (unpaired) electrons. The van der Waals surface area contributed by atoms with Crippen molar-refractivity contribution in [2.24, 2.45) is 5.92 Å². The lowest BCUT2D eigenvalue weighted by molar-refractivity contribution is -0.0445. The molecule has 1 aromatic rings. The van der Waals surface area contributed by atoms with Crippen molar-refractivity contribution >= 4 is 16.1 Å². The van der Waals surface area contributed by atoms with Crippen LogP contribution < -0.4 is 14.2 Å². The van der Waals surface area contributed by atoms with Gasteiger partial charge in [0.25, 0.3) is 0 Å². The molecule has 0 atom stereocenters. The van der Waals surface area contributed by atoms with Crippen LogP contribution in [0.4, 0.5) is 4.79 Å². The predicted molar refractivity (Wildman–Crippen MR) is 123 cm³/mol. The number of nitrogens with one attached hydrogen (secondary N) is 1. The Hall–Kier alpha value is -2.11. The summed E-state index contributed by atoms with van der Waals surface area (Å²) in [6.45, 7) is 8.60. The molecule has 3 aliphatic rings.